The van der Waals surface area contributed by atoms with Gasteiger partial charge in [0.25, 0.3) is 11.8 Å². The van der Waals surface area contributed by atoms with Gasteiger partial charge >= 0.3 is 0 Å². The summed E-state index contributed by atoms with van der Waals surface area (Å²) < 4.78 is 27.3. The average Bonchev–Trinajstić information content (AvgIpc) is 2.94. The van der Waals surface area contributed by atoms with Crippen LogP contribution in [0.5, 0.6) is 0 Å². The van der Waals surface area contributed by atoms with Gasteiger partial charge in [-0.05, 0) is 48.2 Å². The number of rotatable bonds is 10. The predicted molar refractivity (Wildman–Crippen MR) is 161 cm³/mol. The molecule has 0 bridgehead atoms. The van der Waals surface area contributed by atoms with E-state index in [9.17, 15) is 18.0 Å². The van der Waals surface area contributed by atoms with Crippen LogP contribution in [0.1, 0.15) is 59.1 Å². The largest absolute Gasteiger partial charge is 0.411 e. The van der Waals surface area contributed by atoms with Crippen molar-refractivity contribution in [2.24, 2.45) is 5.16 Å². The molecule has 1 fully saturated rings. The van der Waals surface area contributed by atoms with Gasteiger partial charge < -0.3 is 10.1 Å². The standard InChI is InChI=1S/C29H32Cl2N4O6S/c1-42(39,40)34-24-12-6-7-13-25(24)35-27(22-15-14-19(30)18-23(22)31)26(20-10-4-5-11-21(20)29(35)37)28(36)33-41-17-9-3-2-8-16-32-38/h2-5,8-11,14-16,18,24-27,34,38H,6-7,12-13,17H2,1H3,(H,33,36)/b8-2-,9-3+,32-16?/t24-,25-,26+,27-/m0/s1. The van der Waals surface area contributed by atoms with E-state index in [0.29, 0.717) is 34.6 Å². The molecule has 4 rings (SSSR count). The number of oxime groups is 1. The molecule has 2 aromatic rings. The molecule has 224 valence electrons. The van der Waals surface area contributed by atoms with E-state index in [1.165, 1.54) is 12.3 Å². The molecule has 0 radical (unpaired) electrons. The minimum Gasteiger partial charge on any atom is -0.411 e. The molecule has 1 saturated carbocycles. The number of carbonyl (C=O) groups excluding carboxylic acids is 2. The number of hydrogen-bond donors (Lipinski definition) is 3. The Kier molecular flexibility index (Phi) is 10.8. The van der Waals surface area contributed by atoms with E-state index >= 15 is 0 Å². The van der Waals surface area contributed by atoms with Crippen LogP contribution in [0.2, 0.25) is 10.0 Å². The summed E-state index contributed by atoms with van der Waals surface area (Å²) in [4.78, 5) is 35.2. The lowest BCUT2D eigenvalue weighted by molar-refractivity contribution is -0.136. The second-order valence-corrected chi connectivity index (χ2v) is 12.7. The summed E-state index contributed by atoms with van der Waals surface area (Å²) >= 11 is 12.9. The Morgan fingerprint density at radius 3 is 2.62 bits per heavy atom. The van der Waals surface area contributed by atoms with Crippen molar-refractivity contribution < 1.29 is 28.1 Å². The highest BCUT2D eigenvalue weighted by atomic mass is 35.5. The van der Waals surface area contributed by atoms with Crippen molar-refractivity contribution in [3.8, 4) is 0 Å². The molecule has 2 aromatic carbocycles. The maximum absolute atomic E-state index is 14.2. The number of fused-ring (bicyclic) bond motifs is 1. The van der Waals surface area contributed by atoms with Crippen LogP contribution in [-0.2, 0) is 19.7 Å². The van der Waals surface area contributed by atoms with Gasteiger partial charge in [-0.1, -0.05) is 83.7 Å². The van der Waals surface area contributed by atoms with Crippen LogP contribution < -0.4 is 10.2 Å². The summed E-state index contributed by atoms with van der Waals surface area (Å²) in [5.41, 5.74) is 3.86. The molecule has 2 aliphatic rings. The summed E-state index contributed by atoms with van der Waals surface area (Å²) in [5.74, 6) is -1.77. The molecule has 0 saturated heterocycles. The lowest BCUT2D eigenvalue weighted by Gasteiger charge is -2.49. The lowest BCUT2D eigenvalue weighted by Crippen LogP contribution is -2.59. The quantitative estimate of drug-likeness (QED) is 0.113. The van der Waals surface area contributed by atoms with Crippen LogP contribution in [0.15, 0.2) is 71.9 Å². The van der Waals surface area contributed by atoms with Gasteiger partial charge in [-0.2, -0.15) is 0 Å². The number of nitrogens with one attached hydrogen (secondary N) is 2. The Morgan fingerprint density at radius 2 is 1.88 bits per heavy atom. The summed E-state index contributed by atoms with van der Waals surface area (Å²) in [5, 5.41) is 12.0. The molecular formula is C29H32Cl2N4O6S. The summed E-state index contributed by atoms with van der Waals surface area (Å²) in [6.07, 6.45) is 11.4. The predicted octanol–water partition coefficient (Wildman–Crippen LogP) is 4.75. The molecule has 10 nitrogen and oxygen atoms in total. The number of allylic oxidation sites excluding steroid dienone is 3. The summed E-state index contributed by atoms with van der Waals surface area (Å²) in [6, 6.07) is 9.78. The van der Waals surface area contributed by atoms with Crippen molar-refractivity contribution >= 4 is 51.3 Å². The number of nitrogens with zero attached hydrogens (tertiary/aromatic N) is 2. The first-order valence-corrected chi connectivity index (χ1v) is 16.0. The first-order valence-electron chi connectivity index (χ1n) is 13.4. The number of sulfonamides is 1. The third-order valence-electron chi connectivity index (χ3n) is 7.26. The van der Waals surface area contributed by atoms with Crippen molar-refractivity contribution in [3.05, 3.63) is 93.5 Å². The average molecular weight is 636 g/mol. The number of amides is 2. The summed E-state index contributed by atoms with van der Waals surface area (Å²) in [6.45, 7) is 0.0404. The van der Waals surface area contributed by atoms with Crippen molar-refractivity contribution in [1.29, 1.82) is 0 Å². The number of carbonyl (C=O) groups is 2. The van der Waals surface area contributed by atoms with E-state index in [0.717, 1.165) is 19.1 Å². The van der Waals surface area contributed by atoms with E-state index in [1.807, 2.05) is 0 Å². The Morgan fingerprint density at radius 1 is 1.12 bits per heavy atom. The van der Waals surface area contributed by atoms with Crippen LogP contribution in [0, 0.1) is 0 Å². The Labute approximate surface area is 255 Å². The molecule has 13 heteroatoms. The van der Waals surface area contributed by atoms with Crippen molar-refractivity contribution in [3.63, 3.8) is 0 Å². The first kappa shape index (κ1) is 31.7. The van der Waals surface area contributed by atoms with Crippen LogP contribution >= 0.6 is 23.2 Å². The molecule has 2 amide bonds. The monoisotopic (exact) mass is 634 g/mol. The van der Waals surface area contributed by atoms with Crippen molar-refractivity contribution in [2.75, 3.05) is 12.9 Å². The molecule has 1 aliphatic carbocycles. The number of hydrogen-bond acceptors (Lipinski definition) is 7. The van der Waals surface area contributed by atoms with Gasteiger partial charge in [0.05, 0.1) is 31.0 Å². The topological polar surface area (TPSA) is 137 Å². The molecular weight excluding hydrogens is 603 g/mol. The van der Waals surface area contributed by atoms with Crippen LogP contribution in [-0.4, -0.2) is 61.5 Å². The van der Waals surface area contributed by atoms with E-state index in [2.05, 4.69) is 15.4 Å². The van der Waals surface area contributed by atoms with E-state index in [4.69, 9.17) is 33.2 Å². The molecule has 1 aliphatic heterocycles. The maximum atomic E-state index is 14.2. The van der Waals surface area contributed by atoms with Gasteiger partial charge in [0.2, 0.25) is 10.0 Å². The number of benzene rings is 2. The zero-order chi connectivity index (χ0) is 30.3. The maximum Gasteiger partial charge on any atom is 0.255 e. The fraction of sp³-hybridized carbons (Fsp3) is 0.345. The second kappa shape index (κ2) is 14.3. The van der Waals surface area contributed by atoms with Crippen molar-refractivity contribution in [2.45, 2.75) is 49.7 Å². The van der Waals surface area contributed by atoms with E-state index in [1.54, 1.807) is 65.6 Å². The zero-order valence-electron chi connectivity index (χ0n) is 22.8. The minimum absolute atomic E-state index is 0.0404. The summed E-state index contributed by atoms with van der Waals surface area (Å²) in [7, 11) is -3.59. The van der Waals surface area contributed by atoms with Gasteiger partial charge in [-0.3, -0.25) is 14.4 Å². The van der Waals surface area contributed by atoms with Gasteiger partial charge in [-0.15, -0.1) is 0 Å². The molecule has 42 heavy (non-hydrogen) atoms. The SMILES string of the molecule is CS(=O)(=O)N[C@H]1CCCC[C@@H]1N1C(=O)c2ccccc2[C@@H](C(=O)NOC/C=C/C=C\C=NO)[C@@H]1c1ccc(Cl)cc1Cl. The molecule has 0 unspecified atom stereocenters. The second-order valence-electron chi connectivity index (χ2n) is 10.1. The van der Waals surface area contributed by atoms with Crippen LogP contribution in [0.4, 0.5) is 0 Å². The van der Waals surface area contributed by atoms with Crippen molar-refractivity contribution in [1.82, 2.24) is 15.1 Å². The molecule has 4 atom stereocenters. The minimum atomic E-state index is -3.59. The third-order valence-corrected chi connectivity index (χ3v) is 8.55. The zero-order valence-corrected chi connectivity index (χ0v) is 25.1. The molecule has 1 heterocycles. The fourth-order valence-electron chi connectivity index (χ4n) is 5.64. The fourth-order valence-corrected chi connectivity index (χ4v) is 6.98. The van der Waals surface area contributed by atoms with Gasteiger partial charge in [-0.25, -0.2) is 18.6 Å². The highest BCUT2D eigenvalue weighted by molar-refractivity contribution is 7.88. The van der Waals surface area contributed by atoms with Gasteiger partial charge in [0.15, 0.2) is 0 Å². The van der Waals surface area contributed by atoms with E-state index < -0.39 is 40.0 Å². The number of halogens is 2. The Hall–Kier alpha value is -3.22. The van der Waals surface area contributed by atoms with Gasteiger partial charge in [0, 0.05) is 27.7 Å². The number of hydroxylamine groups is 1. The normalized spacial score (nSPS) is 23.1. The van der Waals surface area contributed by atoms with E-state index in [-0.39, 0.29) is 17.5 Å². The molecule has 0 aromatic heterocycles. The van der Waals surface area contributed by atoms with Crippen LogP contribution in [0.3, 0.4) is 0 Å². The Bertz CT molecular complexity index is 1500. The Balaban J connectivity index is 1.77. The first-order chi connectivity index (χ1) is 20.1. The highest BCUT2D eigenvalue weighted by Crippen LogP contribution is 2.47. The lowest BCUT2D eigenvalue weighted by atomic mass is 9.76. The third kappa shape index (κ3) is 7.59. The van der Waals surface area contributed by atoms with Gasteiger partial charge in [0.1, 0.15) is 0 Å². The van der Waals surface area contributed by atoms with Crippen LogP contribution in [0.25, 0.3) is 0 Å². The molecule has 3 N–H and O–H groups in total. The highest BCUT2D eigenvalue weighted by Gasteiger charge is 2.49. The smallest absolute Gasteiger partial charge is 0.255 e. The molecule has 0 spiro atoms.